The predicted octanol–water partition coefficient (Wildman–Crippen LogP) is 2.53. The zero-order chi connectivity index (χ0) is 18.7. The SMILES string of the molecule is O=C(CCN(Cc1ccccc1)c1ccccc1)NCCN1CCOCC1. The third-order valence-electron chi connectivity index (χ3n) is 4.80. The maximum atomic E-state index is 12.3. The molecule has 0 radical (unpaired) electrons. The van der Waals surface area contributed by atoms with Crippen molar-refractivity contribution in [3.05, 3.63) is 66.2 Å². The minimum absolute atomic E-state index is 0.109. The first-order valence-electron chi connectivity index (χ1n) is 9.72. The fourth-order valence-electron chi connectivity index (χ4n) is 3.25. The highest BCUT2D eigenvalue weighted by Crippen LogP contribution is 2.17. The van der Waals surface area contributed by atoms with E-state index in [-0.39, 0.29) is 5.91 Å². The lowest BCUT2D eigenvalue weighted by molar-refractivity contribution is -0.121. The van der Waals surface area contributed by atoms with E-state index >= 15 is 0 Å². The van der Waals surface area contributed by atoms with Crippen LogP contribution in [0.4, 0.5) is 5.69 Å². The van der Waals surface area contributed by atoms with Crippen LogP contribution in [0, 0.1) is 0 Å². The number of rotatable bonds is 9. The lowest BCUT2D eigenvalue weighted by Gasteiger charge is -2.27. The second-order valence-electron chi connectivity index (χ2n) is 6.80. The first-order chi connectivity index (χ1) is 13.3. The normalized spacial score (nSPS) is 14.7. The standard InChI is InChI=1S/C22H29N3O2/c26-22(23-12-14-24-15-17-27-18-16-24)11-13-25(21-9-5-2-6-10-21)19-20-7-3-1-4-8-20/h1-10H,11-19H2,(H,23,26). The molecular weight excluding hydrogens is 338 g/mol. The summed E-state index contributed by atoms with van der Waals surface area (Å²) in [6.45, 7) is 6.57. The number of nitrogens with zero attached hydrogens (tertiary/aromatic N) is 2. The summed E-state index contributed by atoms with van der Waals surface area (Å²) in [5.41, 5.74) is 2.39. The molecule has 144 valence electrons. The molecule has 3 rings (SSSR count). The van der Waals surface area contributed by atoms with Crippen LogP contribution in [0.25, 0.3) is 0 Å². The molecule has 5 heteroatoms. The van der Waals surface area contributed by atoms with Crippen LogP contribution in [-0.4, -0.2) is 56.7 Å². The largest absolute Gasteiger partial charge is 0.379 e. The fourth-order valence-corrected chi connectivity index (χ4v) is 3.25. The van der Waals surface area contributed by atoms with Crippen molar-refractivity contribution in [3.8, 4) is 0 Å². The summed E-state index contributed by atoms with van der Waals surface area (Å²) in [7, 11) is 0. The monoisotopic (exact) mass is 367 g/mol. The third kappa shape index (κ3) is 6.70. The number of ether oxygens (including phenoxy) is 1. The Labute approximate surface area is 161 Å². The fraction of sp³-hybridized carbons (Fsp3) is 0.409. The van der Waals surface area contributed by atoms with Gasteiger partial charge in [0.2, 0.25) is 5.91 Å². The molecule has 0 aromatic heterocycles. The van der Waals surface area contributed by atoms with Crippen molar-refractivity contribution in [2.24, 2.45) is 0 Å². The van der Waals surface area contributed by atoms with Gasteiger partial charge in [0.25, 0.3) is 0 Å². The summed E-state index contributed by atoms with van der Waals surface area (Å²) in [5, 5.41) is 3.05. The minimum Gasteiger partial charge on any atom is -0.379 e. The summed E-state index contributed by atoms with van der Waals surface area (Å²) in [4.78, 5) is 16.9. The Hall–Kier alpha value is -2.37. The van der Waals surface area contributed by atoms with Gasteiger partial charge in [-0.2, -0.15) is 0 Å². The maximum absolute atomic E-state index is 12.3. The quantitative estimate of drug-likeness (QED) is 0.740. The van der Waals surface area contributed by atoms with Gasteiger partial charge in [0, 0.05) is 51.4 Å². The summed E-state index contributed by atoms with van der Waals surface area (Å²) >= 11 is 0. The van der Waals surface area contributed by atoms with Gasteiger partial charge in [-0.15, -0.1) is 0 Å². The van der Waals surface area contributed by atoms with Gasteiger partial charge in [-0.1, -0.05) is 48.5 Å². The first kappa shape index (κ1) is 19.4. The Bertz CT molecular complexity index is 672. The van der Waals surface area contributed by atoms with E-state index < -0.39 is 0 Å². The van der Waals surface area contributed by atoms with Gasteiger partial charge in [0.1, 0.15) is 0 Å². The summed E-state index contributed by atoms with van der Waals surface area (Å²) in [5.74, 6) is 0.109. The first-order valence-corrected chi connectivity index (χ1v) is 9.72. The second kappa shape index (κ2) is 10.7. The maximum Gasteiger partial charge on any atom is 0.221 e. The molecule has 0 unspecified atom stereocenters. The van der Waals surface area contributed by atoms with Gasteiger partial charge in [-0.25, -0.2) is 0 Å². The summed E-state index contributed by atoms with van der Waals surface area (Å²) < 4.78 is 5.35. The van der Waals surface area contributed by atoms with E-state index in [2.05, 4.69) is 51.5 Å². The highest BCUT2D eigenvalue weighted by atomic mass is 16.5. The molecule has 0 spiro atoms. The van der Waals surface area contributed by atoms with Crippen molar-refractivity contribution in [2.45, 2.75) is 13.0 Å². The van der Waals surface area contributed by atoms with E-state index in [0.717, 1.165) is 45.1 Å². The van der Waals surface area contributed by atoms with E-state index in [4.69, 9.17) is 4.74 Å². The number of benzene rings is 2. The van der Waals surface area contributed by atoms with Gasteiger partial charge in [-0.05, 0) is 17.7 Å². The number of carbonyl (C=O) groups excluding carboxylic acids is 1. The van der Waals surface area contributed by atoms with Crippen LogP contribution >= 0.6 is 0 Å². The molecule has 0 atom stereocenters. The highest BCUT2D eigenvalue weighted by molar-refractivity contribution is 5.76. The molecule has 0 bridgehead atoms. The molecule has 1 amide bonds. The molecule has 1 aliphatic rings. The van der Waals surface area contributed by atoms with E-state index in [0.29, 0.717) is 19.5 Å². The van der Waals surface area contributed by atoms with Crippen molar-refractivity contribution in [3.63, 3.8) is 0 Å². The Morgan fingerprint density at radius 3 is 2.37 bits per heavy atom. The van der Waals surface area contributed by atoms with E-state index in [9.17, 15) is 4.79 Å². The lowest BCUT2D eigenvalue weighted by Crippen LogP contribution is -2.41. The number of hydrogen-bond acceptors (Lipinski definition) is 4. The van der Waals surface area contributed by atoms with E-state index in [1.54, 1.807) is 0 Å². The predicted molar refractivity (Wildman–Crippen MR) is 109 cm³/mol. The van der Waals surface area contributed by atoms with Gasteiger partial charge in [0.15, 0.2) is 0 Å². The van der Waals surface area contributed by atoms with Crippen LogP contribution in [0.1, 0.15) is 12.0 Å². The van der Waals surface area contributed by atoms with Crippen LogP contribution in [0.2, 0.25) is 0 Å². The smallest absolute Gasteiger partial charge is 0.221 e. The summed E-state index contributed by atoms with van der Waals surface area (Å²) in [6, 6.07) is 20.7. The number of anilines is 1. The van der Waals surface area contributed by atoms with Crippen LogP contribution in [0.5, 0.6) is 0 Å². The molecular formula is C22H29N3O2. The van der Waals surface area contributed by atoms with Crippen LogP contribution < -0.4 is 10.2 Å². The highest BCUT2D eigenvalue weighted by Gasteiger charge is 2.12. The van der Waals surface area contributed by atoms with Crippen molar-refractivity contribution in [2.75, 3.05) is 50.8 Å². The molecule has 1 heterocycles. The molecule has 2 aromatic rings. The Morgan fingerprint density at radius 1 is 1.00 bits per heavy atom. The van der Waals surface area contributed by atoms with E-state index in [1.165, 1.54) is 5.56 Å². The Kier molecular flexibility index (Phi) is 7.69. The third-order valence-corrected chi connectivity index (χ3v) is 4.80. The minimum atomic E-state index is 0.109. The molecule has 2 aromatic carbocycles. The topological polar surface area (TPSA) is 44.8 Å². The van der Waals surface area contributed by atoms with Gasteiger partial charge in [0.05, 0.1) is 13.2 Å². The number of morpholine rings is 1. The molecule has 1 aliphatic heterocycles. The van der Waals surface area contributed by atoms with Crippen LogP contribution in [-0.2, 0) is 16.1 Å². The van der Waals surface area contributed by atoms with Crippen LogP contribution in [0.15, 0.2) is 60.7 Å². The molecule has 5 nitrogen and oxygen atoms in total. The Morgan fingerprint density at radius 2 is 1.67 bits per heavy atom. The zero-order valence-corrected chi connectivity index (χ0v) is 15.8. The molecule has 1 fully saturated rings. The molecule has 27 heavy (non-hydrogen) atoms. The second-order valence-corrected chi connectivity index (χ2v) is 6.80. The molecule has 1 saturated heterocycles. The van der Waals surface area contributed by atoms with Crippen molar-refractivity contribution >= 4 is 11.6 Å². The number of carbonyl (C=O) groups is 1. The van der Waals surface area contributed by atoms with Crippen LogP contribution in [0.3, 0.4) is 0 Å². The van der Waals surface area contributed by atoms with Crippen molar-refractivity contribution < 1.29 is 9.53 Å². The molecule has 0 saturated carbocycles. The lowest BCUT2D eigenvalue weighted by atomic mass is 10.2. The van der Waals surface area contributed by atoms with E-state index in [1.807, 2.05) is 24.3 Å². The van der Waals surface area contributed by atoms with Gasteiger partial charge >= 0.3 is 0 Å². The number of hydrogen-bond donors (Lipinski definition) is 1. The number of para-hydroxylation sites is 1. The van der Waals surface area contributed by atoms with Gasteiger partial charge in [-0.3, -0.25) is 9.69 Å². The average Bonchev–Trinajstić information content (AvgIpc) is 2.73. The number of nitrogens with one attached hydrogen (secondary N) is 1. The molecule has 1 N–H and O–H groups in total. The van der Waals surface area contributed by atoms with Gasteiger partial charge < -0.3 is 15.0 Å². The molecule has 0 aliphatic carbocycles. The van der Waals surface area contributed by atoms with Crippen molar-refractivity contribution in [1.29, 1.82) is 0 Å². The average molecular weight is 367 g/mol. The Balaban J connectivity index is 1.47. The number of amides is 1. The summed E-state index contributed by atoms with van der Waals surface area (Å²) in [6.07, 6.45) is 0.491. The zero-order valence-electron chi connectivity index (χ0n) is 15.8. The van der Waals surface area contributed by atoms with Crippen molar-refractivity contribution in [1.82, 2.24) is 10.2 Å².